The smallest absolute Gasteiger partial charge is 0.261 e. The molecular formula is C15H14N4O2. The Kier molecular flexibility index (Phi) is 3.01. The molecule has 6 nitrogen and oxygen atoms in total. The monoisotopic (exact) mass is 282 g/mol. The molecule has 2 aromatic heterocycles. The molecule has 1 aliphatic heterocycles. The van der Waals surface area contributed by atoms with E-state index in [4.69, 9.17) is 9.26 Å². The van der Waals surface area contributed by atoms with Crippen molar-refractivity contribution in [1.82, 2.24) is 20.3 Å². The number of hydrogen-bond acceptors (Lipinski definition) is 5. The minimum Gasteiger partial charge on any atom is -0.381 e. The highest BCUT2D eigenvalue weighted by Gasteiger charge is 2.24. The summed E-state index contributed by atoms with van der Waals surface area (Å²) in [6.45, 7) is 1.42. The summed E-state index contributed by atoms with van der Waals surface area (Å²) in [7, 11) is 0. The molecule has 1 atom stereocenters. The van der Waals surface area contributed by atoms with E-state index < -0.39 is 0 Å². The quantitative estimate of drug-likeness (QED) is 0.799. The van der Waals surface area contributed by atoms with Crippen molar-refractivity contribution >= 4 is 0 Å². The molecule has 0 saturated carbocycles. The van der Waals surface area contributed by atoms with E-state index in [-0.39, 0.29) is 5.92 Å². The van der Waals surface area contributed by atoms with Gasteiger partial charge in [-0.3, -0.25) is 5.10 Å². The van der Waals surface area contributed by atoms with Crippen LogP contribution in [0, 0.1) is 0 Å². The molecule has 0 spiro atoms. The van der Waals surface area contributed by atoms with E-state index in [1.807, 2.05) is 30.3 Å². The van der Waals surface area contributed by atoms with Crippen LogP contribution >= 0.6 is 0 Å². The molecule has 21 heavy (non-hydrogen) atoms. The zero-order valence-corrected chi connectivity index (χ0v) is 11.3. The molecular weight excluding hydrogens is 268 g/mol. The Bertz CT molecular complexity index is 729. The first-order valence-electron chi connectivity index (χ1n) is 6.92. The topological polar surface area (TPSA) is 76.8 Å². The van der Waals surface area contributed by atoms with Crippen molar-refractivity contribution in [3.63, 3.8) is 0 Å². The van der Waals surface area contributed by atoms with Crippen molar-refractivity contribution in [2.45, 2.75) is 12.3 Å². The van der Waals surface area contributed by atoms with Gasteiger partial charge in [0, 0.05) is 18.1 Å². The van der Waals surface area contributed by atoms with Crippen molar-refractivity contribution in [3.05, 3.63) is 42.4 Å². The summed E-state index contributed by atoms with van der Waals surface area (Å²) in [4.78, 5) is 4.50. The summed E-state index contributed by atoms with van der Waals surface area (Å²) < 4.78 is 10.8. The molecule has 1 aliphatic rings. The molecule has 3 heterocycles. The van der Waals surface area contributed by atoms with Gasteiger partial charge in [0.2, 0.25) is 0 Å². The standard InChI is InChI=1S/C15H14N4O2/c1-2-4-10(5-3-1)13-12(8-16-18-13)15-17-14(19-21-15)11-6-7-20-9-11/h1-5,8,11H,6-7,9H2,(H,16,18)/t11-/m0/s1. The summed E-state index contributed by atoms with van der Waals surface area (Å²) in [5, 5.41) is 11.2. The molecule has 0 radical (unpaired) electrons. The van der Waals surface area contributed by atoms with Gasteiger partial charge in [0.1, 0.15) is 0 Å². The van der Waals surface area contributed by atoms with Gasteiger partial charge in [0.25, 0.3) is 5.89 Å². The van der Waals surface area contributed by atoms with Gasteiger partial charge in [0.05, 0.1) is 24.1 Å². The molecule has 4 rings (SSSR count). The lowest BCUT2D eigenvalue weighted by molar-refractivity contribution is 0.192. The zero-order chi connectivity index (χ0) is 14.1. The third-order valence-electron chi connectivity index (χ3n) is 3.67. The van der Waals surface area contributed by atoms with Crippen LogP contribution in [0.5, 0.6) is 0 Å². The summed E-state index contributed by atoms with van der Waals surface area (Å²) in [6, 6.07) is 9.97. The van der Waals surface area contributed by atoms with Crippen LogP contribution in [0.3, 0.4) is 0 Å². The first-order valence-corrected chi connectivity index (χ1v) is 6.92. The molecule has 106 valence electrons. The maximum absolute atomic E-state index is 5.41. The Balaban J connectivity index is 1.70. The Hall–Kier alpha value is -2.47. The van der Waals surface area contributed by atoms with Crippen molar-refractivity contribution < 1.29 is 9.26 Å². The van der Waals surface area contributed by atoms with Crippen LogP contribution in [0.4, 0.5) is 0 Å². The van der Waals surface area contributed by atoms with E-state index in [0.717, 1.165) is 29.8 Å². The number of nitrogens with one attached hydrogen (secondary N) is 1. The molecule has 0 aliphatic carbocycles. The fourth-order valence-electron chi connectivity index (χ4n) is 2.52. The van der Waals surface area contributed by atoms with Crippen molar-refractivity contribution in [1.29, 1.82) is 0 Å². The molecule has 1 fully saturated rings. The van der Waals surface area contributed by atoms with Crippen LogP contribution in [0.25, 0.3) is 22.7 Å². The third-order valence-corrected chi connectivity index (χ3v) is 3.67. The van der Waals surface area contributed by atoms with Crippen LogP contribution in [0.1, 0.15) is 18.2 Å². The number of aromatic nitrogens is 4. The first-order chi connectivity index (χ1) is 10.4. The van der Waals surface area contributed by atoms with Crippen LogP contribution in [0.15, 0.2) is 41.1 Å². The van der Waals surface area contributed by atoms with Gasteiger partial charge in [-0.1, -0.05) is 35.5 Å². The Labute approximate surface area is 121 Å². The van der Waals surface area contributed by atoms with E-state index in [1.54, 1.807) is 6.20 Å². The van der Waals surface area contributed by atoms with Gasteiger partial charge in [-0.15, -0.1) is 0 Å². The summed E-state index contributed by atoms with van der Waals surface area (Å²) >= 11 is 0. The minimum atomic E-state index is 0.231. The Morgan fingerprint density at radius 3 is 2.90 bits per heavy atom. The maximum Gasteiger partial charge on any atom is 0.261 e. The van der Waals surface area contributed by atoms with Crippen molar-refractivity contribution in [2.24, 2.45) is 0 Å². The average Bonchev–Trinajstić information content (AvgIpc) is 3.27. The van der Waals surface area contributed by atoms with Crippen LogP contribution < -0.4 is 0 Å². The number of rotatable bonds is 3. The average molecular weight is 282 g/mol. The molecule has 0 amide bonds. The van der Waals surface area contributed by atoms with Gasteiger partial charge in [-0.25, -0.2) is 0 Å². The van der Waals surface area contributed by atoms with Gasteiger partial charge in [-0.05, 0) is 6.42 Å². The van der Waals surface area contributed by atoms with Crippen LogP contribution in [0.2, 0.25) is 0 Å². The Morgan fingerprint density at radius 2 is 2.10 bits per heavy atom. The van der Waals surface area contributed by atoms with E-state index in [0.29, 0.717) is 18.3 Å². The summed E-state index contributed by atoms with van der Waals surface area (Å²) in [5.41, 5.74) is 2.74. The number of nitrogens with zero attached hydrogens (tertiary/aromatic N) is 3. The normalized spacial score (nSPS) is 18.2. The van der Waals surface area contributed by atoms with E-state index in [1.165, 1.54) is 0 Å². The molecule has 0 bridgehead atoms. The lowest BCUT2D eigenvalue weighted by Crippen LogP contribution is -1.99. The van der Waals surface area contributed by atoms with Gasteiger partial charge in [0.15, 0.2) is 5.82 Å². The minimum absolute atomic E-state index is 0.231. The maximum atomic E-state index is 5.41. The van der Waals surface area contributed by atoms with Gasteiger partial charge >= 0.3 is 0 Å². The van der Waals surface area contributed by atoms with E-state index >= 15 is 0 Å². The molecule has 3 aromatic rings. The highest BCUT2D eigenvalue weighted by Crippen LogP contribution is 2.30. The number of aromatic amines is 1. The first kappa shape index (κ1) is 12.3. The van der Waals surface area contributed by atoms with Crippen molar-refractivity contribution in [2.75, 3.05) is 13.2 Å². The fraction of sp³-hybridized carbons (Fsp3) is 0.267. The second-order valence-corrected chi connectivity index (χ2v) is 5.04. The predicted molar refractivity (Wildman–Crippen MR) is 75.5 cm³/mol. The summed E-state index contributed by atoms with van der Waals surface area (Å²) in [5.74, 6) is 1.43. The van der Waals surface area contributed by atoms with Crippen LogP contribution in [-0.4, -0.2) is 33.6 Å². The molecule has 1 saturated heterocycles. The Morgan fingerprint density at radius 1 is 1.19 bits per heavy atom. The molecule has 1 N–H and O–H groups in total. The predicted octanol–water partition coefficient (Wildman–Crippen LogP) is 2.63. The largest absolute Gasteiger partial charge is 0.381 e. The number of hydrogen-bond donors (Lipinski definition) is 1. The highest BCUT2D eigenvalue weighted by molar-refractivity contribution is 5.75. The van der Waals surface area contributed by atoms with Gasteiger partial charge in [-0.2, -0.15) is 10.1 Å². The molecule has 6 heteroatoms. The second-order valence-electron chi connectivity index (χ2n) is 5.04. The number of ether oxygens (including phenoxy) is 1. The van der Waals surface area contributed by atoms with E-state index in [9.17, 15) is 0 Å². The lowest BCUT2D eigenvalue weighted by atomic mass is 10.1. The molecule has 0 unspecified atom stereocenters. The fourth-order valence-corrected chi connectivity index (χ4v) is 2.52. The number of benzene rings is 1. The van der Waals surface area contributed by atoms with E-state index in [2.05, 4.69) is 20.3 Å². The highest BCUT2D eigenvalue weighted by atomic mass is 16.5. The van der Waals surface area contributed by atoms with Crippen LogP contribution in [-0.2, 0) is 4.74 Å². The lowest BCUT2D eigenvalue weighted by Gasteiger charge is -1.99. The van der Waals surface area contributed by atoms with Crippen molar-refractivity contribution in [3.8, 4) is 22.7 Å². The molecule has 1 aromatic carbocycles. The zero-order valence-electron chi connectivity index (χ0n) is 11.3. The second kappa shape index (κ2) is 5.14. The summed E-state index contributed by atoms with van der Waals surface area (Å²) in [6.07, 6.45) is 2.65. The SMILES string of the molecule is c1ccc(-c2[nH]ncc2-c2nc([C@H]3CCOC3)no2)cc1. The number of H-pyrrole nitrogens is 1. The third kappa shape index (κ3) is 2.23. The van der Waals surface area contributed by atoms with Gasteiger partial charge < -0.3 is 9.26 Å².